The molecule has 1 N–H and O–H groups in total. The summed E-state index contributed by atoms with van der Waals surface area (Å²) in [6.07, 6.45) is 0.833. The molecule has 2 aromatic rings. The van der Waals surface area contributed by atoms with E-state index in [0.717, 1.165) is 12.8 Å². The monoisotopic (exact) mass is 386 g/mol. The van der Waals surface area contributed by atoms with Crippen molar-refractivity contribution in [1.29, 1.82) is 0 Å². The summed E-state index contributed by atoms with van der Waals surface area (Å²) in [4.78, 5) is 34.8. The van der Waals surface area contributed by atoms with Gasteiger partial charge in [0.15, 0.2) is 6.10 Å². The molecule has 2 aromatic carbocycles. The zero-order valence-corrected chi connectivity index (χ0v) is 15.7. The van der Waals surface area contributed by atoms with Crippen LogP contribution >= 0.6 is 0 Å². The molecule has 0 radical (unpaired) electrons. The van der Waals surface area contributed by atoms with Gasteiger partial charge in [-0.25, -0.2) is 4.79 Å². The van der Waals surface area contributed by atoms with Crippen molar-refractivity contribution in [3.05, 3.63) is 64.2 Å². The lowest BCUT2D eigenvalue weighted by Gasteiger charge is -2.14. The second-order valence-corrected chi connectivity index (χ2v) is 6.04. The molecule has 0 fully saturated rings. The lowest BCUT2D eigenvalue weighted by molar-refractivity contribution is -0.383. The molecule has 1 atom stereocenters. The summed E-state index contributed by atoms with van der Waals surface area (Å²) in [5.41, 5.74) is 0.0650. The average molecular weight is 386 g/mol. The van der Waals surface area contributed by atoms with Crippen molar-refractivity contribution in [2.75, 3.05) is 11.9 Å². The maximum absolute atomic E-state index is 12.2. The number of hydrogen-bond acceptors (Lipinski definition) is 6. The van der Waals surface area contributed by atoms with Crippen LogP contribution in [-0.2, 0) is 9.53 Å². The zero-order valence-electron chi connectivity index (χ0n) is 15.7. The van der Waals surface area contributed by atoms with Crippen molar-refractivity contribution in [3.8, 4) is 5.75 Å². The van der Waals surface area contributed by atoms with Crippen molar-refractivity contribution < 1.29 is 24.0 Å². The summed E-state index contributed by atoms with van der Waals surface area (Å²) >= 11 is 0. The Morgan fingerprint density at radius 1 is 1.14 bits per heavy atom. The molecule has 0 aliphatic rings. The largest absolute Gasteiger partial charge is 0.494 e. The number of nitrogens with zero attached hydrogens (tertiary/aromatic N) is 1. The van der Waals surface area contributed by atoms with E-state index in [1.165, 1.54) is 25.1 Å². The highest BCUT2D eigenvalue weighted by Crippen LogP contribution is 2.23. The summed E-state index contributed by atoms with van der Waals surface area (Å²) in [6.45, 7) is 4.06. The van der Waals surface area contributed by atoms with E-state index in [9.17, 15) is 19.7 Å². The van der Waals surface area contributed by atoms with Gasteiger partial charge in [-0.2, -0.15) is 0 Å². The molecule has 8 heteroatoms. The molecular formula is C20H22N2O6. The summed E-state index contributed by atoms with van der Waals surface area (Å²) in [6, 6.07) is 12.1. The van der Waals surface area contributed by atoms with Crippen LogP contribution in [0.15, 0.2) is 48.5 Å². The number of benzene rings is 2. The third-order valence-corrected chi connectivity index (χ3v) is 3.87. The Hall–Kier alpha value is -3.42. The van der Waals surface area contributed by atoms with E-state index >= 15 is 0 Å². The quantitative estimate of drug-likeness (QED) is 0.302. The molecule has 0 heterocycles. The summed E-state index contributed by atoms with van der Waals surface area (Å²) < 4.78 is 10.7. The van der Waals surface area contributed by atoms with E-state index in [0.29, 0.717) is 12.4 Å². The lowest BCUT2D eigenvalue weighted by Crippen LogP contribution is -2.30. The molecule has 0 aromatic heterocycles. The number of rotatable bonds is 9. The molecular weight excluding hydrogens is 364 g/mol. The van der Waals surface area contributed by atoms with E-state index in [-0.39, 0.29) is 16.9 Å². The number of nitro benzene ring substituents is 1. The van der Waals surface area contributed by atoms with Crippen molar-refractivity contribution in [3.63, 3.8) is 0 Å². The van der Waals surface area contributed by atoms with Crippen LogP contribution in [0.5, 0.6) is 5.75 Å². The fourth-order valence-electron chi connectivity index (χ4n) is 2.28. The predicted molar refractivity (Wildman–Crippen MR) is 103 cm³/mol. The third-order valence-electron chi connectivity index (χ3n) is 3.87. The maximum Gasteiger partial charge on any atom is 0.338 e. The first-order valence-corrected chi connectivity index (χ1v) is 8.90. The first-order valence-electron chi connectivity index (χ1n) is 8.90. The molecule has 0 aliphatic carbocycles. The van der Waals surface area contributed by atoms with Gasteiger partial charge in [0, 0.05) is 6.07 Å². The Bertz CT molecular complexity index is 835. The van der Waals surface area contributed by atoms with E-state index in [1.54, 1.807) is 30.3 Å². The molecule has 0 aliphatic heterocycles. The van der Waals surface area contributed by atoms with Crippen LogP contribution in [0.3, 0.4) is 0 Å². The molecule has 0 unspecified atom stereocenters. The van der Waals surface area contributed by atoms with Crippen LogP contribution in [0.4, 0.5) is 11.4 Å². The zero-order chi connectivity index (χ0) is 20.5. The summed E-state index contributed by atoms with van der Waals surface area (Å²) in [5, 5.41) is 13.4. The lowest BCUT2D eigenvalue weighted by atomic mass is 10.2. The molecule has 0 bridgehead atoms. The van der Waals surface area contributed by atoms with E-state index in [4.69, 9.17) is 9.47 Å². The van der Waals surface area contributed by atoms with E-state index < -0.39 is 22.9 Å². The predicted octanol–water partition coefficient (Wildman–Crippen LogP) is 3.96. The molecule has 1 amide bonds. The highest BCUT2D eigenvalue weighted by molar-refractivity contribution is 5.98. The number of amides is 1. The smallest absolute Gasteiger partial charge is 0.338 e. The number of anilines is 1. The Morgan fingerprint density at radius 3 is 2.46 bits per heavy atom. The average Bonchev–Trinajstić information content (AvgIpc) is 2.68. The van der Waals surface area contributed by atoms with Gasteiger partial charge in [0.2, 0.25) is 0 Å². The Labute approximate surface area is 162 Å². The number of nitrogens with one attached hydrogen (secondary N) is 1. The number of carbonyl (C=O) groups is 2. The van der Waals surface area contributed by atoms with Crippen molar-refractivity contribution in [1.82, 2.24) is 0 Å². The molecule has 148 valence electrons. The second-order valence-electron chi connectivity index (χ2n) is 6.04. The fourth-order valence-corrected chi connectivity index (χ4v) is 2.28. The van der Waals surface area contributed by atoms with Gasteiger partial charge in [0.25, 0.3) is 11.6 Å². The first-order chi connectivity index (χ1) is 13.4. The third kappa shape index (κ3) is 5.80. The molecule has 2 rings (SSSR count). The highest BCUT2D eigenvalue weighted by Gasteiger charge is 2.22. The number of hydrogen-bond donors (Lipinski definition) is 1. The van der Waals surface area contributed by atoms with Gasteiger partial charge in [0.05, 0.1) is 17.1 Å². The summed E-state index contributed by atoms with van der Waals surface area (Å²) in [5.74, 6) is -0.695. The summed E-state index contributed by atoms with van der Waals surface area (Å²) in [7, 11) is 0. The number of nitro groups is 1. The van der Waals surface area contributed by atoms with Crippen LogP contribution in [0.2, 0.25) is 0 Å². The van der Waals surface area contributed by atoms with Crippen LogP contribution in [-0.4, -0.2) is 29.5 Å². The molecule has 28 heavy (non-hydrogen) atoms. The molecule has 8 nitrogen and oxygen atoms in total. The Morgan fingerprint density at radius 2 is 1.82 bits per heavy atom. The standard InChI is InChI=1S/C20H22N2O6/c1-3-4-13-27-16-11-9-15(10-12-16)20(24)28-14(2)19(23)21-17-7-5-6-8-18(17)22(25)26/h5-12,14H,3-4,13H2,1-2H3,(H,21,23)/t14-/m1/s1. The Balaban J connectivity index is 1.94. The van der Waals surface area contributed by atoms with Gasteiger partial charge in [-0.15, -0.1) is 0 Å². The minimum Gasteiger partial charge on any atom is -0.494 e. The number of para-hydroxylation sites is 2. The van der Waals surface area contributed by atoms with E-state index in [1.807, 2.05) is 0 Å². The number of esters is 1. The van der Waals surface area contributed by atoms with Crippen LogP contribution < -0.4 is 10.1 Å². The first kappa shape index (κ1) is 20.9. The van der Waals surface area contributed by atoms with Gasteiger partial charge in [-0.05, 0) is 43.7 Å². The maximum atomic E-state index is 12.2. The minimum absolute atomic E-state index is 0.0361. The number of carbonyl (C=O) groups excluding carboxylic acids is 2. The number of ether oxygens (including phenoxy) is 2. The van der Waals surface area contributed by atoms with Gasteiger partial charge in [-0.3, -0.25) is 14.9 Å². The van der Waals surface area contributed by atoms with Gasteiger partial charge in [-0.1, -0.05) is 25.5 Å². The second kappa shape index (κ2) is 10.1. The van der Waals surface area contributed by atoms with Gasteiger partial charge < -0.3 is 14.8 Å². The van der Waals surface area contributed by atoms with Gasteiger partial charge in [0.1, 0.15) is 11.4 Å². The van der Waals surface area contributed by atoms with Crippen molar-refractivity contribution in [2.24, 2.45) is 0 Å². The van der Waals surface area contributed by atoms with Crippen molar-refractivity contribution >= 4 is 23.3 Å². The molecule has 0 saturated carbocycles. The number of unbranched alkanes of at least 4 members (excludes halogenated alkanes) is 1. The van der Waals surface area contributed by atoms with Crippen molar-refractivity contribution in [2.45, 2.75) is 32.8 Å². The van der Waals surface area contributed by atoms with Crippen LogP contribution in [0.1, 0.15) is 37.0 Å². The van der Waals surface area contributed by atoms with Crippen LogP contribution in [0, 0.1) is 10.1 Å². The highest BCUT2D eigenvalue weighted by atomic mass is 16.6. The SMILES string of the molecule is CCCCOc1ccc(C(=O)O[C@H](C)C(=O)Nc2ccccc2[N+](=O)[O-])cc1. The van der Waals surface area contributed by atoms with Gasteiger partial charge >= 0.3 is 5.97 Å². The molecule has 0 saturated heterocycles. The molecule has 0 spiro atoms. The minimum atomic E-state index is -1.13. The fraction of sp³-hybridized carbons (Fsp3) is 0.300. The normalized spacial score (nSPS) is 11.4. The topological polar surface area (TPSA) is 108 Å². The van der Waals surface area contributed by atoms with E-state index in [2.05, 4.69) is 12.2 Å². The van der Waals surface area contributed by atoms with Crippen LogP contribution in [0.25, 0.3) is 0 Å². The Kier molecular flexibility index (Phi) is 7.50.